The van der Waals surface area contributed by atoms with Gasteiger partial charge < -0.3 is 5.32 Å². The van der Waals surface area contributed by atoms with Crippen molar-refractivity contribution in [1.82, 2.24) is 5.32 Å². The number of halogens is 1. The summed E-state index contributed by atoms with van der Waals surface area (Å²) >= 11 is 3.62. The van der Waals surface area contributed by atoms with Crippen molar-refractivity contribution in [2.45, 2.75) is 32.4 Å². The fourth-order valence-electron chi connectivity index (χ4n) is 2.35. The van der Waals surface area contributed by atoms with Crippen LogP contribution >= 0.6 is 15.9 Å². The Hall–Kier alpha value is -1.12. The first-order chi connectivity index (χ1) is 9.22. The molecule has 0 heterocycles. The van der Waals surface area contributed by atoms with Gasteiger partial charge >= 0.3 is 0 Å². The summed E-state index contributed by atoms with van der Waals surface area (Å²) < 4.78 is 1.16. The van der Waals surface area contributed by atoms with Gasteiger partial charge in [-0.25, -0.2) is 0 Å². The fraction of sp³-hybridized carbons (Fsp3) is 0.294. The van der Waals surface area contributed by atoms with Gasteiger partial charge in [0.05, 0.1) is 0 Å². The summed E-state index contributed by atoms with van der Waals surface area (Å²) in [4.78, 5) is 0. The molecule has 2 atom stereocenters. The van der Waals surface area contributed by atoms with Gasteiger partial charge in [0.25, 0.3) is 0 Å². The van der Waals surface area contributed by atoms with Crippen molar-refractivity contribution in [3.63, 3.8) is 0 Å². The Bertz CT molecular complexity index is 510. The van der Waals surface area contributed by atoms with E-state index in [1.807, 2.05) is 0 Å². The molecule has 0 amide bonds. The van der Waals surface area contributed by atoms with E-state index >= 15 is 0 Å². The van der Waals surface area contributed by atoms with E-state index in [0.717, 1.165) is 10.9 Å². The molecule has 2 rings (SSSR count). The van der Waals surface area contributed by atoms with Gasteiger partial charge in [-0.15, -0.1) is 0 Å². The van der Waals surface area contributed by atoms with Crippen LogP contribution in [-0.4, -0.2) is 0 Å². The molecule has 0 saturated carbocycles. The standard InChI is InChI=1S/C17H20BrN/c1-3-17(14-9-5-4-6-10-14)19-13(2)15-11-7-8-12-16(15)18/h4-13,17,19H,3H2,1-2H3/t13-,17?/m0/s1. The number of nitrogens with one attached hydrogen (secondary N) is 1. The van der Waals surface area contributed by atoms with Gasteiger partial charge in [0.2, 0.25) is 0 Å². The van der Waals surface area contributed by atoms with Gasteiger partial charge in [0, 0.05) is 16.6 Å². The molecule has 0 aromatic heterocycles. The van der Waals surface area contributed by atoms with Crippen LogP contribution in [0.2, 0.25) is 0 Å². The SMILES string of the molecule is CCC(N[C@@H](C)c1ccccc1Br)c1ccccc1. The van der Waals surface area contributed by atoms with E-state index < -0.39 is 0 Å². The minimum atomic E-state index is 0.320. The van der Waals surface area contributed by atoms with Gasteiger partial charge in [-0.05, 0) is 30.5 Å². The molecule has 2 aromatic carbocycles. The third kappa shape index (κ3) is 3.68. The Morgan fingerprint density at radius 1 is 1.00 bits per heavy atom. The normalized spacial score (nSPS) is 14.1. The van der Waals surface area contributed by atoms with Crippen LogP contribution < -0.4 is 5.32 Å². The highest BCUT2D eigenvalue weighted by Gasteiger charge is 2.14. The maximum Gasteiger partial charge on any atom is 0.0323 e. The molecule has 0 aliphatic rings. The molecule has 0 radical (unpaired) electrons. The van der Waals surface area contributed by atoms with Crippen LogP contribution in [0, 0.1) is 0 Å². The van der Waals surface area contributed by atoms with Gasteiger partial charge in [-0.1, -0.05) is 71.4 Å². The smallest absolute Gasteiger partial charge is 0.0323 e. The fourth-order valence-corrected chi connectivity index (χ4v) is 2.98. The molecule has 100 valence electrons. The van der Waals surface area contributed by atoms with E-state index in [0.29, 0.717) is 12.1 Å². The van der Waals surface area contributed by atoms with Gasteiger partial charge in [0.15, 0.2) is 0 Å². The molecule has 0 fully saturated rings. The lowest BCUT2D eigenvalue weighted by Gasteiger charge is -2.23. The second-order valence-electron chi connectivity index (χ2n) is 4.78. The number of hydrogen-bond acceptors (Lipinski definition) is 1. The van der Waals surface area contributed by atoms with E-state index in [1.165, 1.54) is 11.1 Å². The van der Waals surface area contributed by atoms with Crippen LogP contribution in [0.3, 0.4) is 0 Å². The Labute approximate surface area is 124 Å². The molecule has 0 spiro atoms. The Morgan fingerprint density at radius 2 is 1.63 bits per heavy atom. The maximum absolute atomic E-state index is 3.71. The molecule has 0 aliphatic heterocycles. The van der Waals surface area contributed by atoms with E-state index in [1.54, 1.807) is 0 Å². The van der Waals surface area contributed by atoms with Gasteiger partial charge in [0.1, 0.15) is 0 Å². The van der Waals surface area contributed by atoms with Crippen LogP contribution in [-0.2, 0) is 0 Å². The number of hydrogen-bond donors (Lipinski definition) is 1. The third-order valence-corrected chi connectivity index (χ3v) is 4.16. The van der Waals surface area contributed by atoms with Crippen molar-refractivity contribution >= 4 is 15.9 Å². The van der Waals surface area contributed by atoms with Gasteiger partial charge in [-0.2, -0.15) is 0 Å². The number of rotatable bonds is 5. The maximum atomic E-state index is 3.71. The third-order valence-electron chi connectivity index (χ3n) is 3.43. The minimum Gasteiger partial charge on any atom is -0.303 e. The zero-order valence-corrected chi connectivity index (χ0v) is 13.0. The molecular formula is C17H20BrN. The van der Waals surface area contributed by atoms with Crippen LogP contribution in [0.1, 0.15) is 43.5 Å². The molecule has 2 aromatic rings. The molecule has 1 unspecified atom stereocenters. The first-order valence-electron chi connectivity index (χ1n) is 6.77. The molecular weight excluding hydrogens is 298 g/mol. The van der Waals surface area contributed by atoms with E-state index in [-0.39, 0.29) is 0 Å². The Kier molecular flexibility index (Phi) is 5.17. The quantitative estimate of drug-likeness (QED) is 0.794. The Balaban J connectivity index is 2.13. The molecule has 0 saturated heterocycles. The second-order valence-corrected chi connectivity index (χ2v) is 5.64. The van der Waals surface area contributed by atoms with Crippen molar-refractivity contribution in [3.05, 3.63) is 70.2 Å². The zero-order valence-electron chi connectivity index (χ0n) is 11.4. The summed E-state index contributed by atoms with van der Waals surface area (Å²) in [5, 5.41) is 3.71. The first-order valence-corrected chi connectivity index (χ1v) is 7.57. The summed E-state index contributed by atoms with van der Waals surface area (Å²) in [5.74, 6) is 0. The highest BCUT2D eigenvalue weighted by molar-refractivity contribution is 9.10. The predicted octanol–water partition coefficient (Wildman–Crippen LogP) is 5.25. The molecule has 0 bridgehead atoms. The zero-order chi connectivity index (χ0) is 13.7. The average molecular weight is 318 g/mol. The predicted molar refractivity (Wildman–Crippen MR) is 85.2 cm³/mol. The highest BCUT2D eigenvalue weighted by Crippen LogP contribution is 2.26. The van der Waals surface area contributed by atoms with E-state index in [2.05, 4.69) is 89.7 Å². The van der Waals surface area contributed by atoms with E-state index in [9.17, 15) is 0 Å². The summed E-state index contributed by atoms with van der Waals surface area (Å²) in [6.07, 6.45) is 1.08. The van der Waals surface area contributed by atoms with Crippen molar-refractivity contribution in [1.29, 1.82) is 0 Å². The lowest BCUT2D eigenvalue weighted by Crippen LogP contribution is -2.24. The summed E-state index contributed by atoms with van der Waals surface area (Å²) in [7, 11) is 0. The largest absolute Gasteiger partial charge is 0.303 e. The average Bonchev–Trinajstić information content (AvgIpc) is 2.46. The summed E-state index contributed by atoms with van der Waals surface area (Å²) in [5.41, 5.74) is 2.65. The summed E-state index contributed by atoms with van der Waals surface area (Å²) in [6.45, 7) is 4.43. The van der Waals surface area contributed by atoms with Crippen molar-refractivity contribution in [2.75, 3.05) is 0 Å². The summed E-state index contributed by atoms with van der Waals surface area (Å²) in [6, 6.07) is 19.7. The van der Waals surface area contributed by atoms with Crippen LogP contribution in [0.5, 0.6) is 0 Å². The highest BCUT2D eigenvalue weighted by atomic mass is 79.9. The molecule has 1 N–H and O–H groups in total. The van der Waals surface area contributed by atoms with E-state index in [4.69, 9.17) is 0 Å². The van der Waals surface area contributed by atoms with Crippen molar-refractivity contribution in [3.8, 4) is 0 Å². The van der Waals surface area contributed by atoms with Gasteiger partial charge in [-0.3, -0.25) is 0 Å². The van der Waals surface area contributed by atoms with Crippen LogP contribution in [0.15, 0.2) is 59.1 Å². The molecule has 2 heteroatoms. The number of benzene rings is 2. The monoisotopic (exact) mass is 317 g/mol. The minimum absolute atomic E-state index is 0.320. The molecule has 0 aliphatic carbocycles. The topological polar surface area (TPSA) is 12.0 Å². The first kappa shape index (κ1) is 14.3. The van der Waals surface area contributed by atoms with Crippen molar-refractivity contribution < 1.29 is 0 Å². The van der Waals surface area contributed by atoms with Crippen LogP contribution in [0.25, 0.3) is 0 Å². The Morgan fingerprint density at radius 3 is 2.26 bits per heavy atom. The van der Waals surface area contributed by atoms with Crippen molar-refractivity contribution in [2.24, 2.45) is 0 Å². The molecule has 1 nitrogen and oxygen atoms in total. The van der Waals surface area contributed by atoms with Crippen LogP contribution in [0.4, 0.5) is 0 Å². The lowest BCUT2D eigenvalue weighted by molar-refractivity contribution is 0.455. The lowest BCUT2D eigenvalue weighted by atomic mass is 10.0. The molecule has 19 heavy (non-hydrogen) atoms. The second kappa shape index (κ2) is 6.88.